The molecule has 0 saturated heterocycles. The van der Waals surface area contributed by atoms with Crippen LogP contribution in [0.25, 0.3) is 0 Å². The normalized spacial score (nSPS) is 29.8. The molecule has 0 aromatic carbocycles. The summed E-state index contributed by atoms with van der Waals surface area (Å²) in [5.74, 6) is 0.581. The van der Waals surface area contributed by atoms with Crippen LogP contribution in [0.5, 0.6) is 0 Å². The summed E-state index contributed by atoms with van der Waals surface area (Å²) >= 11 is 0. The molecule has 1 heteroatoms. The van der Waals surface area contributed by atoms with E-state index in [2.05, 4.69) is 19.9 Å². The average Bonchev–Trinajstić information content (AvgIpc) is 1.93. The highest BCUT2D eigenvalue weighted by atomic mass is 16.3. The molecule has 1 fully saturated rings. The molecule has 0 bridgehead atoms. The first kappa shape index (κ1) is 8.79. The molecule has 1 saturated carbocycles. The molecule has 0 heterocycles. The van der Waals surface area contributed by atoms with Crippen molar-refractivity contribution in [1.29, 1.82) is 0 Å². The highest BCUT2D eigenvalue weighted by Crippen LogP contribution is 2.24. The van der Waals surface area contributed by atoms with Crippen LogP contribution in [-0.4, -0.2) is 11.2 Å². The maximum atomic E-state index is 9.55. The number of rotatable bonds is 1. The zero-order valence-electron chi connectivity index (χ0n) is 7.51. The summed E-state index contributed by atoms with van der Waals surface area (Å²) in [5, 5.41) is 9.55. The molecule has 64 valence electrons. The maximum absolute atomic E-state index is 9.55. The molecular weight excluding hydrogens is 136 g/mol. The lowest BCUT2D eigenvalue weighted by molar-refractivity contribution is 0.177. The van der Waals surface area contributed by atoms with Gasteiger partial charge in [-0.2, -0.15) is 0 Å². The predicted octanol–water partition coefficient (Wildman–Crippen LogP) is 2.50. The summed E-state index contributed by atoms with van der Waals surface area (Å²) in [6.45, 7) is 4.32. The SMILES string of the molecule is CC(C)/C=C1\CCCC[C@H]1O. The molecule has 0 spiro atoms. The Morgan fingerprint density at radius 2 is 2.18 bits per heavy atom. The minimum absolute atomic E-state index is 0.133. The zero-order chi connectivity index (χ0) is 8.27. The number of hydrogen-bond donors (Lipinski definition) is 1. The molecule has 1 nitrogen and oxygen atoms in total. The maximum Gasteiger partial charge on any atom is 0.0750 e. The summed E-state index contributed by atoms with van der Waals surface area (Å²) in [7, 11) is 0. The summed E-state index contributed by atoms with van der Waals surface area (Å²) in [4.78, 5) is 0. The Morgan fingerprint density at radius 3 is 2.73 bits per heavy atom. The van der Waals surface area contributed by atoms with Crippen molar-refractivity contribution in [3.63, 3.8) is 0 Å². The van der Waals surface area contributed by atoms with Gasteiger partial charge in [-0.25, -0.2) is 0 Å². The van der Waals surface area contributed by atoms with Gasteiger partial charge in [0.1, 0.15) is 0 Å². The van der Waals surface area contributed by atoms with Crippen LogP contribution in [0.15, 0.2) is 11.6 Å². The lowest BCUT2D eigenvalue weighted by Gasteiger charge is -2.21. The van der Waals surface area contributed by atoms with Crippen LogP contribution in [0, 0.1) is 5.92 Å². The van der Waals surface area contributed by atoms with E-state index in [4.69, 9.17) is 0 Å². The molecule has 0 aromatic heterocycles. The molecule has 1 N–H and O–H groups in total. The minimum Gasteiger partial charge on any atom is -0.389 e. The van der Waals surface area contributed by atoms with Crippen LogP contribution in [-0.2, 0) is 0 Å². The third-order valence-corrected chi connectivity index (χ3v) is 2.17. The van der Waals surface area contributed by atoms with Crippen molar-refractivity contribution in [2.45, 2.75) is 45.6 Å². The van der Waals surface area contributed by atoms with E-state index in [1.165, 1.54) is 18.4 Å². The first-order valence-corrected chi connectivity index (χ1v) is 4.59. The molecule has 0 radical (unpaired) electrons. The van der Waals surface area contributed by atoms with Gasteiger partial charge in [0.15, 0.2) is 0 Å². The summed E-state index contributed by atoms with van der Waals surface area (Å²) in [6, 6.07) is 0. The van der Waals surface area contributed by atoms with Crippen LogP contribution in [0.4, 0.5) is 0 Å². The van der Waals surface area contributed by atoms with Gasteiger partial charge in [-0.15, -0.1) is 0 Å². The molecule has 0 unspecified atom stereocenters. The fraction of sp³-hybridized carbons (Fsp3) is 0.800. The second-order valence-corrected chi connectivity index (χ2v) is 3.75. The van der Waals surface area contributed by atoms with E-state index in [0.29, 0.717) is 5.92 Å². The molecule has 1 rings (SSSR count). The molecule has 1 aliphatic carbocycles. The van der Waals surface area contributed by atoms with Crippen LogP contribution in [0.2, 0.25) is 0 Å². The second-order valence-electron chi connectivity index (χ2n) is 3.75. The topological polar surface area (TPSA) is 20.2 Å². The van der Waals surface area contributed by atoms with E-state index in [-0.39, 0.29) is 6.10 Å². The second kappa shape index (κ2) is 3.91. The number of aliphatic hydroxyl groups is 1. The Bertz CT molecular complexity index is 147. The Kier molecular flexibility index (Phi) is 3.13. The van der Waals surface area contributed by atoms with Crippen LogP contribution in [0.1, 0.15) is 39.5 Å². The van der Waals surface area contributed by atoms with Gasteiger partial charge in [0, 0.05) is 0 Å². The fourth-order valence-electron chi connectivity index (χ4n) is 1.64. The summed E-state index contributed by atoms with van der Waals surface area (Å²) in [6.07, 6.45) is 6.61. The zero-order valence-corrected chi connectivity index (χ0v) is 7.51. The van der Waals surface area contributed by atoms with E-state index in [1.54, 1.807) is 0 Å². The Morgan fingerprint density at radius 1 is 1.45 bits per heavy atom. The highest BCUT2D eigenvalue weighted by molar-refractivity contribution is 5.10. The first-order chi connectivity index (χ1) is 5.20. The van der Waals surface area contributed by atoms with E-state index in [1.807, 2.05) is 0 Å². The Hall–Kier alpha value is -0.300. The quantitative estimate of drug-likeness (QED) is 0.575. The molecule has 1 aliphatic rings. The molecule has 0 aromatic rings. The van der Waals surface area contributed by atoms with Crippen molar-refractivity contribution < 1.29 is 5.11 Å². The fourth-order valence-corrected chi connectivity index (χ4v) is 1.64. The van der Waals surface area contributed by atoms with Crippen LogP contribution < -0.4 is 0 Å². The van der Waals surface area contributed by atoms with Crippen LogP contribution in [0.3, 0.4) is 0 Å². The predicted molar refractivity (Wildman–Crippen MR) is 47.4 cm³/mol. The highest BCUT2D eigenvalue weighted by Gasteiger charge is 2.15. The third-order valence-electron chi connectivity index (χ3n) is 2.17. The van der Waals surface area contributed by atoms with Crippen molar-refractivity contribution in [3.8, 4) is 0 Å². The van der Waals surface area contributed by atoms with Crippen LogP contribution >= 0.6 is 0 Å². The lowest BCUT2D eigenvalue weighted by atomic mass is 9.90. The molecule has 0 amide bonds. The van der Waals surface area contributed by atoms with Gasteiger partial charge in [0.05, 0.1) is 6.10 Å². The Balaban J connectivity index is 2.53. The van der Waals surface area contributed by atoms with Crippen molar-refractivity contribution in [2.75, 3.05) is 0 Å². The van der Waals surface area contributed by atoms with Gasteiger partial charge in [-0.3, -0.25) is 0 Å². The van der Waals surface area contributed by atoms with E-state index < -0.39 is 0 Å². The minimum atomic E-state index is -0.133. The van der Waals surface area contributed by atoms with Gasteiger partial charge in [-0.1, -0.05) is 26.3 Å². The molecule has 0 aliphatic heterocycles. The monoisotopic (exact) mass is 154 g/mol. The number of aliphatic hydroxyl groups excluding tert-OH is 1. The largest absolute Gasteiger partial charge is 0.389 e. The lowest BCUT2D eigenvalue weighted by Crippen LogP contribution is -2.15. The Labute approximate surface area is 69.1 Å². The first-order valence-electron chi connectivity index (χ1n) is 4.59. The van der Waals surface area contributed by atoms with Gasteiger partial charge in [0.25, 0.3) is 0 Å². The molecule has 1 atom stereocenters. The van der Waals surface area contributed by atoms with Crippen molar-refractivity contribution in [2.24, 2.45) is 5.92 Å². The molecular formula is C10H18O. The van der Waals surface area contributed by atoms with Gasteiger partial charge in [-0.05, 0) is 30.8 Å². The number of hydrogen-bond acceptors (Lipinski definition) is 1. The van der Waals surface area contributed by atoms with Gasteiger partial charge >= 0.3 is 0 Å². The summed E-state index contributed by atoms with van der Waals surface area (Å²) < 4.78 is 0. The van der Waals surface area contributed by atoms with E-state index >= 15 is 0 Å². The smallest absolute Gasteiger partial charge is 0.0750 e. The number of allylic oxidation sites excluding steroid dienone is 1. The summed E-state index contributed by atoms with van der Waals surface area (Å²) in [5.41, 5.74) is 1.27. The average molecular weight is 154 g/mol. The van der Waals surface area contributed by atoms with Gasteiger partial charge in [0.2, 0.25) is 0 Å². The molecule has 11 heavy (non-hydrogen) atoms. The van der Waals surface area contributed by atoms with Crippen molar-refractivity contribution in [1.82, 2.24) is 0 Å². The van der Waals surface area contributed by atoms with Crippen molar-refractivity contribution >= 4 is 0 Å². The van der Waals surface area contributed by atoms with Gasteiger partial charge < -0.3 is 5.11 Å². The van der Waals surface area contributed by atoms with E-state index in [9.17, 15) is 5.11 Å². The van der Waals surface area contributed by atoms with E-state index in [0.717, 1.165) is 12.8 Å². The van der Waals surface area contributed by atoms with Crippen molar-refractivity contribution in [3.05, 3.63) is 11.6 Å². The standard InChI is InChI=1S/C10H18O/c1-8(2)7-9-5-3-4-6-10(9)11/h7-8,10-11H,3-6H2,1-2H3/b9-7+/t10-/m1/s1. The third kappa shape index (κ3) is 2.66.